The zero-order chi connectivity index (χ0) is 42.5. The molecule has 0 aromatic heterocycles. The van der Waals surface area contributed by atoms with Crippen LogP contribution in [-0.4, -0.2) is 98.7 Å². The lowest BCUT2D eigenvalue weighted by molar-refractivity contribution is -0.302. The fraction of sp³-hybridized carbons (Fsp3) is 0.979. The maximum Gasteiger partial charge on any atom is 0.249 e. The van der Waals surface area contributed by atoms with Crippen LogP contribution in [0.2, 0.25) is 0 Å². The van der Waals surface area contributed by atoms with Crippen molar-refractivity contribution in [2.45, 2.75) is 288 Å². The van der Waals surface area contributed by atoms with Crippen LogP contribution in [0.15, 0.2) is 0 Å². The number of rotatable bonds is 42. The minimum absolute atomic E-state index is 0.250. The van der Waals surface area contributed by atoms with Crippen LogP contribution < -0.4 is 5.32 Å². The SMILES string of the molecule is CCCCCCCCCCCCCCCCCCCC(O)C(COC1OC(CO)C(O)C(O)C1O)NC(=O)C(O)CCCCCCCCCCCCCCCCCC. The third-order valence-electron chi connectivity index (χ3n) is 12.3. The average Bonchev–Trinajstić information content (AvgIpc) is 3.22. The van der Waals surface area contributed by atoms with Crippen molar-refractivity contribution in [1.82, 2.24) is 5.32 Å². The van der Waals surface area contributed by atoms with Crippen molar-refractivity contribution >= 4 is 5.91 Å². The molecule has 58 heavy (non-hydrogen) atoms. The standard InChI is InChI=1S/C48H95NO9/c1-3-5-7-9-11-13-15-17-19-21-23-24-26-28-30-32-34-36-41(51)40(39-57-48-46(55)45(54)44(53)43(38-50)58-48)49-47(56)42(52)37-35-33-31-29-27-25-22-20-18-16-14-12-10-8-6-4-2/h40-46,48,50-55H,3-39H2,1-2H3,(H,49,56). The Bertz CT molecular complexity index is 895. The molecule has 1 heterocycles. The number of aliphatic hydroxyl groups excluding tert-OH is 6. The monoisotopic (exact) mass is 830 g/mol. The Kier molecular flexibility index (Phi) is 37.1. The van der Waals surface area contributed by atoms with E-state index in [-0.39, 0.29) is 6.61 Å². The zero-order valence-corrected chi connectivity index (χ0v) is 37.7. The first-order valence-corrected chi connectivity index (χ1v) is 24.8. The van der Waals surface area contributed by atoms with E-state index < -0.39 is 61.5 Å². The van der Waals surface area contributed by atoms with E-state index in [0.717, 1.165) is 38.5 Å². The number of ether oxygens (including phenoxy) is 2. The molecule has 0 aromatic rings. The number of hydrogen-bond donors (Lipinski definition) is 7. The summed E-state index contributed by atoms with van der Waals surface area (Å²) in [5.74, 6) is -0.579. The molecule has 0 aliphatic carbocycles. The molecule has 1 aliphatic rings. The summed E-state index contributed by atoms with van der Waals surface area (Å²) in [6.07, 6.45) is 32.9. The molecule has 10 heteroatoms. The molecule has 1 rings (SSSR count). The summed E-state index contributed by atoms with van der Waals surface area (Å²) in [5, 5.41) is 65.0. The van der Waals surface area contributed by atoms with Crippen molar-refractivity contribution in [3.05, 3.63) is 0 Å². The number of unbranched alkanes of at least 4 members (excludes halogenated alkanes) is 31. The Balaban J connectivity index is 2.34. The van der Waals surface area contributed by atoms with Gasteiger partial charge in [-0.05, 0) is 12.8 Å². The molecule has 7 N–H and O–H groups in total. The van der Waals surface area contributed by atoms with Crippen LogP contribution in [0.1, 0.15) is 239 Å². The van der Waals surface area contributed by atoms with Gasteiger partial charge in [0.2, 0.25) is 5.91 Å². The first kappa shape index (κ1) is 55.2. The molecule has 10 nitrogen and oxygen atoms in total. The molecule has 1 amide bonds. The van der Waals surface area contributed by atoms with Crippen molar-refractivity contribution in [2.24, 2.45) is 0 Å². The van der Waals surface area contributed by atoms with Gasteiger partial charge in [-0.3, -0.25) is 4.79 Å². The molecular formula is C48H95NO9. The van der Waals surface area contributed by atoms with Crippen LogP contribution in [0.5, 0.6) is 0 Å². The van der Waals surface area contributed by atoms with Gasteiger partial charge in [0, 0.05) is 0 Å². The Morgan fingerprint density at radius 1 is 0.517 bits per heavy atom. The zero-order valence-electron chi connectivity index (χ0n) is 37.7. The van der Waals surface area contributed by atoms with Crippen molar-refractivity contribution in [3.8, 4) is 0 Å². The number of aliphatic hydroxyl groups is 6. The normalized spacial score (nSPS) is 21.3. The lowest BCUT2D eigenvalue weighted by Gasteiger charge is -2.40. The second-order valence-corrected chi connectivity index (χ2v) is 17.8. The number of carbonyl (C=O) groups is 1. The van der Waals surface area contributed by atoms with Crippen molar-refractivity contribution in [1.29, 1.82) is 0 Å². The van der Waals surface area contributed by atoms with E-state index in [0.29, 0.717) is 12.8 Å². The van der Waals surface area contributed by atoms with Crippen LogP contribution in [0.25, 0.3) is 0 Å². The Morgan fingerprint density at radius 3 is 1.22 bits per heavy atom. The third-order valence-corrected chi connectivity index (χ3v) is 12.3. The summed E-state index contributed by atoms with van der Waals surface area (Å²) < 4.78 is 11.2. The molecule has 0 spiro atoms. The highest BCUT2D eigenvalue weighted by Crippen LogP contribution is 2.23. The summed E-state index contributed by atoms with van der Waals surface area (Å²) in [5.41, 5.74) is 0. The van der Waals surface area contributed by atoms with Crippen LogP contribution in [-0.2, 0) is 14.3 Å². The van der Waals surface area contributed by atoms with Gasteiger partial charge in [0.15, 0.2) is 6.29 Å². The van der Waals surface area contributed by atoms with Gasteiger partial charge in [-0.2, -0.15) is 0 Å². The van der Waals surface area contributed by atoms with E-state index in [1.165, 1.54) is 173 Å². The first-order valence-electron chi connectivity index (χ1n) is 24.8. The summed E-state index contributed by atoms with van der Waals surface area (Å²) in [6.45, 7) is 3.69. The number of carbonyl (C=O) groups excluding carboxylic acids is 1. The van der Waals surface area contributed by atoms with Crippen LogP contribution in [0.4, 0.5) is 0 Å². The van der Waals surface area contributed by atoms with Crippen molar-refractivity contribution in [2.75, 3.05) is 13.2 Å². The van der Waals surface area contributed by atoms with Crippen LogP contribution >= 0.6 is 0 Å². The molecule has 0 saturated carbocycles. The van der Waals surface area contributed by atoms with Gasteiger partial charge in [0.25, 0.3) is 0 Å². The summed E-state index contributed by atoms with van der Waals surface area (Å²) in [6, 6.07) is -0.888. The maximum atomic E-state index is 13.1. The van der Waals surface area contributed by atoms with Gasteiger partial charge in [0.05, 0.1) is 25.4 Å². The van der Waals surface area contributed by atoms with Crippen molar-refractivity contribution < 1.29 is 44.9 Å². The molecular weight excluding hydrogens is 735 g/mol. The fourth-order valence-electron chi connectivity index (χ4n) is 8.23. The van der Waals surface area contributed by atoms with E-state index in [2.05, 4.69) is 19.2 Å². The Morgan fingerprint density at radius 2 is 0.862 bits per heavy atom. The molecule has 346 valence electrons. The van der Waals surface area contributed by atoms with Gasteiger partial charge < -0.3 is 45.4 Å². The molecule has 0 radical (unpaired) electrons. The Labute approximate surface area is 356 Å². The van der Waals surface area contributed by atoms with Crippen molar-refractivity contribution in [3.63, 3.8) is 0 Å². The molecule has 1 aliphatic heterocycles. The number of amides is 1. The molecule has 0 bridgehead atoms. The second kappa shape index (κ2) is 39.0. The highest BCUT2D eigenvalue weighted by molar-refractivity contribution is 5.80. The molecule has 8 atom stereocenters. The van der Waals surface area contributed by atoms with Gasteiger partial charge in [-0.1, -0.05) is 226 Å². The topological polar surface area (TPSA) is 169 Å². The summed E-state index contributed by atoms with van der Waals surface area (Å²) in [4.78, 5) is 13.1. The third kappa shape index (κ3) is 28.6. The predicted molar refractivity (Wildman–Crippen MR) is 237 cm³/mol. The molecule has 1 saturated heterocycles. The lowest BCUT2D eigenvalue weighted by Crippen LogP contribution is -2.60. The molecule has 1 fully saturated rings. The van der Waals surface area contributed by atoms with Gasteiger partial charge in [-0.25, -0.2) is 0 Å². The minimum Gasteiger partial charge on any atom is -0.394 e. The van der Waals surface area contributed by atoms with Gasteiger partial charge in [-0.15, -0.1) is 0 Å². The quantitative estimate of drug-likeness (QED) is 0.0296. The second-order valence-electron chi connectivity index (χ2n) is 17.8. The smallest absolute Gasteiger partial charge is 0.249 e. The average molecular weight is 830 g/mol. The minimum atomic E-state index is -1.59. The molecule has 8 unspecified atom stereocenters. The highest BCUT2D eigenvalue weighted by Gasteiger charge is 2.44. The summed E-state index contributed by atoms with van der Waals surface area (Å²) in [7, 11) is 0. The highest BCUT2D eigenvalue weighted by atomic mass is 16.7. The van der Waals surface area contributed by atoms with E-state index in [9.17, 15) is 35.4 Å². The van der Waals surface area contributed by atoms with Gasteiger partial charge >= 0.3 is 0 Å². The van der Waals surface area contributed by atoms with E-state index in [1.807, 2.05) is 0 Å². The first-order chi connectivity index (χ1) is 28.3. The number of nitrogens with one attached hydrogen (secondary N) is 1. The molecule has 0 aromatic carbocycles. The maximum absolute atomic E-state index is 13.1. The van der Waals surface area contributed by atoms with Crippen LogP contribution in [0, 0.1) is 0 Å². The predicted octanol–water partition coefficient (Wildman–Crippen LogP) is 9.70. The number of hydrogen-bond acceptors (Lipinski definition) is 9. The lowest BCUT2D eigenvalue weighted by atomic mass is 9.99. The fourth-order valence-corrected chi connectivity index (χ4v) is 8.23. The van der Waals surface area contributed by atoms with Crippen LogP contribution in [0.3, 0.4) is 0 Å². The Hall–Kier alpha value is -0.850. The van der Waals surface area contributed by atoms with E-state index >= 15 is 0 Å². The van der Waals surface area contributed by atoms with E-state index in [1.54, 1.807) is 0 Å². The van der Waals surface area contributed by atoms with Gasteiger partial charge in [0.1, 0.15) is 30.5 Å². The van der Waals surface area contributed by atoms with E-state index in [4.69, 9.17) is 9.47 Å². The summed E-state index contributed by atoms with van der Waals surface area (Å²) >= 11 is 0. The largest absolute Gasteiger partial charge is 0.394 e.